The molecule has 3 aromatic rings. The summed E-state index contributed by atoms with van der Waals surface area (Å²) in [6, 6.07) is 16.9. The molecule has 0 unspecified atom stereocenters. The van der Waals surface area contributed by atoms with Crippen LogP contribution in [0.1, 0.15) is 52.8 Å². The summed E-state index contributed by atoms with van der Waals surface area (Å²) in [4.78, 5) is 4.81. The predicted octanol–water partition coefficient (Wildman–Crippen LogP) is 9.02. The van der Waals surface area contributed by atoms with Crippen LogP contribution in [0.25, 0.3) is 0 Å². The fraction of sp³-hybridized carbons (Fsp3) is 0.355. The average Bonchev–Trinajstić information content (AvgIpc) is 3.23. The fourth-order valence-corrected chi connectivity index (χ4v) is 4.96. The van der Waals surface area contributed by atoms with Gasteiger partial charge < -0.3 is 14.5 Å². The molecule has 37 heavy (non-hydrogen) atoms. The van der Waals surface area contributed by atoms with Crippen LogP contribution in [-0.2, 0) is 15.1 Å². The molecule has 1 aliphatic heterocycles. The Hall–Kier alpha value is -1.87. The van der Waals surface area contributed by atoms with E-state index >= 15 is 0 Å². The van der Waals surface area contributed by atoms with Gasteiger partial charge in [0.2, 0.25) is 0 Å². The summed E-state index contributed by atoms with van der Waals surface area (Å²) in [6.45, 7) is 25.4. The van der Waals surface area contributed by atoms with E-state index in [1.54, 1.807) is 0 Å². The predicted molar refractivity (Wildman–Crippen MR) is 159 cm³/mol. The zero-order valence-corrected chi connectivity index (χ0v) is 26.6. The Balaban J connectivity index is 0.000000287. The van der Waals surface area contributed by atoms with Crippen LogP contribution in [0.5, 0.6) is 5.75 Å². The molecule has 0 aliphatic carbocycles. The number of hydrogen-bond donors (Lipinski definition) is 0. The van der Waals surface area contributed by atoms with Crippen LogP contribution in [0.15, 0.2) is 48.5 Å². The molecule has 1 aliphatic rings. The topological polar surface area (TPSA) is 15.7 Å². The molecule has 6 heteroatoms. The summed E-state index contributed by atoms with van der Waals surface area (Å²) in [5, 5.41) is 0. The molecule has 0 amide bonds. The number of rotatable bonds is 4. The number of ether oxygens (including phenoxy) is 1. The maximum atomic E-state index is 5.48. The van der Waals surface area contributed by atoms with Crippen LogP contribution in [0.2, 0.25) is 0 Å². The van der Waals surface area contributed by atoms with E-state index in [4.69, 9.17) is 24.1 Å². The quantitative estimate of drug-likeness (QED) is 0.212. The van der Waals surface area contributed by atoms with E-state index in [0.29, 0.717) is 0 Å². The molecule has 202 valence electrons. The van der Waals surface area contributed by atoms with Gasteiger partial charge in [0, 0.05) is 30.2 Å². The van der Waals surface area contributed by atoms with E-state index in [1.165, 1.54) is 44.8 Å². The molecule has 1 heterocycles. The molecule has 1 saturated heterocycles. The molecule has 0 N–H and O–H groups in total. The number of anilines is 2. The van der Waals surface area contributed by atoms with E-state index in [0.717, 1.165) is 24.4 Å². The molecule has 0 spiro atoms. The van der Waals surface area contributed by atoms with Crippen molar-refractivity contribution in [2.24, 2.45) is 0 Å². The number of para-hydroxylation sites is 1. The molecule has 0 saturated carbocycles. The monoisotopic (exact) mass is 628 g/mol. The van der Waals surface area contributed by atoms with Gasteiger partial charge in [-0.25, -0.2) is 0 Å². The second-order valence-electron chi connectivity index (χ2n) is 9.82. The van der Waals surface area contributed by atoms with Gasteiger partial charge >= 0.3 is 34.5 Å². The summed E-state index contributed by atoms with van der Waals surface area (Å²) in [7, 11) is 9.71. The van der Waals surface area contributed by atoms with E-state index in [-0.39, 0.29) is 21.2 Å². The molecule has 0 aromatic heterocycles. The molecule has 4 rings (SSSR count). The van der Waals surface area contributed by atoms with Crippen molar-refractivity contribution in [3.05, 3.63) is 101 Å². The maximum absolute atomic E-state index is 5.48. The van der Waals surface area contributed by atoms with Crippen LogP contribution in [0, 0.1) is 55.1 Å². The average molecular weight is 629 g/mol. The summed E-state index contributed by atoms with van der Waals surface area (Å²) >= 11 is -0.346. The van der Waals surface area contributed by atoms with Crippen LogP contribution in [0.4, 0.5) is 11.4 Å². The minimum atomic E-state index is -0.346. The molecule has 1 fully saturated rings. The van der Waals surface area contributed by atoms with Gasteiger partial charge in [-0.3, -0.25) is 0 Å². The number of aryl methyl sites for hydroxylation is 6. The van der Waals surface area contributed by atoms with E-state index in [1.807, 2.05) is 38.1 Å². The first kappa shape index (κ1) is 31.4. The zero-order chi connectivity index (χ0) is 27.7. The first-order valence-corrected chi connectivity index (χ1v) is 16.9. The van der Waals surface area contributed by atoms with Gasteiger partial charge in [-0.05, 0) is 77.6 Å². The first-order chi connectivity index (χ1) is 17.5. The third-order valence-corrected chi connectivity index (χ3v) is 6.04. The molecule has 0 bridgehead atoms. The number of hydrogen-bond acceptors (Lipinski definition) is 3. The van der Waals surface area contributed by atoms with Crippen molar-refractivity contribution in [2.45, 2.75) is 61.5 Å². The Bertz CT molecular complexity index is 1060. The normalized spacial score (nSPS) is 12.6. The van der Waals surface area contributed by atoms with Crippen LogP contribution >= 0.6 is 19.4 Å². The summed E-state index contributed by atoms with van der Waals surface area (Å²) in [5.74, 6) is 0.877. The first-order valence-electron chi connectivity index (χ1n) is 12.4. The number of halogens is 2. The number of nitrogens with zero attached hydrogens (tertiary/aromatic N) is 2. The minimum absolute atomic E-state index is 0.220. The van der Waals surface area contributed by atoms with Crippen molar-refractivity contribution in [3.63, 3.8) is 0 Å². The molecule has 3 aromatic carbocycles. The Kier molecular flexibility index (Phi) is 12.6. The van der Waals surface area contributed by atoms with Gasteiger partial charge in [-0.2, -0.15) is 25.2 Å². The van der Waals surface area contributed by atoms with Crippen LogP contribution < -0.4 is 14.5 Å². The Morgan fingerprint density at radius 3 is 1.51 bits per heavy atom. The van der Waals surface area contributed by atoms with Gasteiger partial charge in [0.05, 0.1) is 6.10 Å². The molecular formula is C31H40Cl2N2ORu. The SMILES string of the molecule is Cc1cc(C)c(N2[CH-]N(c3c(C)cc(C)cc3C)CC2)c(C)c1.[CH2-]c1ccccc1OC(C)C.[Cl][Ru+2][Cl]. The second kappa shape index (κ2) is 14.9. The van der Waals surface area contributed by atoms with E-state index in [9.17, 15) is 0 Å². The zero-order valence-electron chi connectivity index (χ0n) is 23.3. The van der Waals surface area contributed by atoms with Crippen molar-refractivity contribution in [3.8, 4) is 5.75 Å². The van der Waals surface area contributed by atoms with Crippen LogP contribution in [-0.4, -0.2) is 19.2 Å². The Morgan fingerprint density at radius 1 is 0.784 bits per heavy atom. The van der Waals surface area contributed by atoms with Crippen molar-refractivity contribution in [1.29, 1.82) is 0 Å². The van der Waals surface area contributed by atoms with Crippen molar-refractivity contribution in [1.82, 2.24) is 0 Å². The van der Waals surface area contributed by atoms with Gasteiger partial charge in [0.15, 0.2) is 0 Å². The molecule has 3 nitrogen and oxygen atoms in total. The van der Waals surface area contributed by atoms with Crippen molar-refractivity contribution >= 4 is 30.8 Å². The summed E-state index contributed by atoms with van der Waals surface area (Å²) < 4.78 is 5.48. The molecular weight excluding hydrogens is 588 g/mol. The van der Waals surface area contributed by atoms with Gasteiger partial charge in [0.1, 0.15) is 0 Å². The molecule has 0 radical (unpaired) electrons. The fourth-order valence-electron chi connectivity index (χ4n) is 4.96. The standard InChI is InChI=1S/C21H27N2.C10H13O.2ClH.Ru/c1-14-9-16(3)20(17(4)10-14)22-7-8-23(13-22)21-18(5)11-15(2)12-19(21)6;1-8(2)11-10-7-5-4-6-9(10)3;;;/h9-13H,7-8H2,1-6H3;4-8H,3H2,1-2H3;2*1H;/q2*-1;;;+4/p-2. The third kappa shape index (κ3) is 9.13. The summed E-state index contributed by atoms with van der Waals surface area (Å²) in [6.07, 6.45) is 0.220. The van der Waals surface area contributed by atoms with Crippen molar-refractivity contribution < 1.29 is 19.9 Å². The van der Waals surface area contributed by atoms with Crippen LogP contribution in [0.3, 0.4) is 0 Å². The number of benzene rings is 3. The van der Waals surface area contributed by atoms with Gasteiger partial charge in [0.25, 0.3) is 0 Å². The third-order valence-electron chi connectivity index (χ3n) is 6.04. The summed E-state index contributed by atoms with van der Waals surface area (Å²) in [5.41, 5.74) is 11.8. The van der Waals surface area contributed by atoms with E-state index < -0.39 is 0 Å². The van der Waals surface area contributed by atoms with Gasteiger partial charge in [-0.1, -0.05) is 47.5 Å². The Morgan fingerprint density at radius 2 is 1.16 bits per heavy atom. The van der Waals surface area contributed by atoms with Gasteiger partial charge in [-0.15, -0.1) is 6.07 Å². The molecule has 0 atom stereocenters. The van der Waals surface area contributed by atoms with Crippen molar-refractivity contribution in [2.75, 3.05) is 22.9 Å². The Labute approximate surface area is 240 Å². The second-order valence-corrected chi connectivity index (χ2v) is 12.5. The van der Waals surface area contributed by atoms with E-state index in [2.05, 4.69) is 89.2 Å².